The van der Waals surface area contributed by atoms with E-state index in [0.29, 0.717) is 17.9 Å². The van der Waals surface area contributed by atoms with Gasteiger partial charge in [0, 0.05) is 11.1 Å². The summed E-state index contributed by atoms with van der Waals surface area (Å²) in [5.41, 5.74) is 5.78. The summed E-state index contributed by atoms with van der Waals surface area (Å²) in [7, 11) is -3.73. The number of halogens is 1. The van der Waals surface area contributed by atoms with Gasteiger partial charge in [-0.2, -0.15) is 0 Å². The number of nitrogen functional groups attached to an aromatic ring is 1. The van der Waals surface area contributed by atoms with Crippen molar-refractivity contribution in [2.75, 3.05) is 5.73 Å². The van der Waals surface area contributed by atoms with Gasteiger partial charge in [-0.3, -0.25) is 0 Å². The maximum absolute atomic E-state index is 12.2. The van der Waals surface area contributed by atoms with E-state index in [1.807, 2.05) is 0 Å². The monoisotopic (exact) mass is 304 g/mol. The number of sulfonamides is 1. The Labute approximate surface area is 117 Å². The summed E-state index contributed by atoms with van der Waals surface area (Å²) < 4.78 is 27.0. The van der Waals surface area contributed by atoms with Crippen LogP contribution in [0.3, 0.4) is 0 Å². The number of anilines is 1. The highest BCUT2D eigenvalue weighted by Gasteiger charge is 2.28. The van der Waals surface area contributed by atoms with Crippen molar-refractivity contribution in [1.82, 2.24) is 4.72 Å². The summed E-state index contributed by atoms with van der Waals surface area (Å²) in [5, 5.41) is 10.2. The Balaban J connectivity index is 2.22. The van der Waals surface area contributed by atoms with Crippen molar-refractivity contribution in [2.45, 2.75) is 42.7 Å². The predicted molar refractivity (Wildman–Crippen MR) is 74.4 cm³/mol. The van der Waals surface area contributed by atoms with Crippen molar-refractivity contribution >= 4 is 27.3 Å². The van der Waals surface area contributed by atoms with Crippen LogP contribution in [0.1, 0.15) is 25.7 Å². The molecule has 1 aliphatic carbocycles. The number of hydrogen-bond acceptors (Lipinski definition) is 4. The minimum absolute atomic E-state index is 0.00493. The van der Waals surface area contributed by atoms with Crippen LogP contribution < -0.4 is 10.5 Å². The van der Waals surface area contributed by atoms with Crippen LogP contribution in [0.5, 0.6) is 0 Å². The molecule has 1 aliphatic rings. The van der Waals surface area contributed by atoms with Gasteiger partial charge in [0.05, 0.1) is 11.8 Å². The summed E-state index contributed by atoms with van der Waals surface area (Å²) in [5.74, 6) is 0. The summed E-state index contributed by atoms with van der Waals surface area (Å²) in [6.07, 6.45) is 2.43. The number of nitrogens with one attached hydrogen (secondary N) is 1. The van der Waals surface area contributed by atoms with E-state index in [1.54, 1.807) is 0 Å². The van der Waals surface area contributed by atoms with E-state index in [1.165, 1.54) is 18.2 Å². The van der Waals surface area contributed by atoms with Gasteiger partial charge in [-0.05, 0) is 31.0 Å². The Bertz CT molecular complexity index is 562. The lowest BCUT2D eigenvalue weighted by Gasteiger charge is -2.28. The fourth-order valence-electron chi connectivity index (χ4n) is 2.28. The molecule has 4 N–H and O–H groups in total. The van der Waals surface area contributed by atoms with Gasteiger partial charge in [-0.15, -0.1) is 0 Å². The van der Waals surface area contributed by atoms with Crippen LogP contribution in [-0.2, 0) is 10.0 Å². The Morgan fingerprint density at radius 2 is 2.00 bits per heavy atom. The van der Waals surface area contributed by atoms with Crippen LogP contribution in [0.15, 0.2) is 23.1 Å². The standard InChI is InChI=1S/C12H17ClN2O3S/c13-8-5-6-12(9(14)7-8)19(17,18)15-10-3-1-2-4-11(10)16/h5-7,10-11,15-16H,1-4,14H2. The summed E-state index contributed by atoms with van der Waals surface area (Å²) >= 11 is 5.75. The van der Waals surface area contributed by atoms with Crippen molar-refractivity contribution in [2.24, 2.45) is 0 Å². The third kappa shape index (κ3) is 3.39. The van der Waals surface area contributed by atoms with Crippen LogP contribution in [0.25, 0.3) is 0 Å². The van der Waals surface area contributed by atoms with Crippen LogP contribution in [-0.4, -0.2) is 25.7 Å². The molecule has 1 aromatic rings. The largest absolute Gasteiger partial charge is 0.398 e. The summed E-state index contributed by atoms with van der Waals surface area (Å²) in [6.45, 7) is 0. The zero-order chi connectivity index (χ0) is 14.0. The molecule has 0 aromatic heterocycles. The van der Waals surface area contributed by atoms with Crippen molar-refractivity contribution in [3.63, 3.8) is 0 Å². The Kier molecular flexibility index (Phi) is 4.35. The molecule has 0 amide bonds. The minimum Gasteiger partial charge on any atom is -0.398 e. The smallest absolute Gasteiger partial charge is 0.242 e. The molecular weight excluding hydrogens is 288 g/mol. The van der Waals surface area contributed by atoms with Crippen LogP contribution >= 0.6 is 11.6 Å². The molecule has 19 heavy (non-hydrogen) atoms. The van der Waals surface area contributed by atoms with Gasteiger partial charge in [-0.1, -0.05) is 24.4 Å². The third-order valence-electron chi connectivity index (χ3n) is 3.30. The molecule has 0 bridgehead atoms. The number of rotatable bonds is 3. The highest BCUT2D eigenvalue weighted by atomic mass is 35.5. The first kappa shape index (κ1) is 14.6. The topological polar surface area (TPSA) is 92.4 Å². The number of nitrogens with two attached hydrogens (primary N) is 1. The van der Waals surface area contributed by atoms with E-state index in [4.69, 9.17) is 17.3 Å². The predicted octanol–water partition coefficient (Wildman–Crippen LogP) is 1.50. The lowest BCUT2D eigenvalue weighted by Crippen LogP contribution is -2.45. The van der Waals surface area contributed by atoms with E-state index in [-0.39, 0.29) is 10.6 Å². The van der Waals surface area contributed by atoms with E-state index in [2.05, 4.69) is 4.72 Å². The maximum Gasteiger partial charge on any atom is 0.242 e. The van der Waals surface area contributed by atoms with E-state index >= 15 is 0 Å². The van der Waals surface area contributed by atoms with E-state index < -0.39 is 22.2 Å². The molecule has 0 heterocycles. The fraction of sp³-hybridized carbons (Fsp3) is 0.500. The molecule has 1 fully saturated rings. The van der Waals surface area contributed by atoms with Gasteiger partial charge in [0.1, 0.15) is 4.90 Å². The van der Waals surface area contributed by atoms with Gasteiger partial charge in [-0.25, -0.2) is 13.1 Å². The van der Waals surface area contributed by atoms with Crippen LogP contribution in [0.2, 0.25) is 5.02 Å². The zero-order valence-electron chi connectivity index (χ0n) is 10.3. The van der Waals surface area contributed by atoms with Gasteiger partial charge in [0.25, 0.3) is 0 Å². The van der Waals surface area contributed by atoms with Crippen molar-refractivity contribution in [1.29, 1.82) is 0 Å². The highest BCUT2D eigenvalue weighted by Crippen LogP contribution is 2.25. The summed E-state index contributed by atoms with van der Waals surface area (Å²) in [4.78, 5) is -0.00493. The first-order valence-corrected chi connectivity index (χ1v) is 8.02. The fourth-order valence-corrected chi connectivity index (χ4v) is 3.87. The second kappa shape index (κ2) is 5.66. The molecule has 5 nitrogen and oxygen atoms in total. The average molecular weight is 305 g/mol. The number of aliphatic hydroxyl groups excluding tert-OH is 1. The van der Waals surface area contributed by atoms with E-state index in [9.17, 15) is 13.5 Å². The molecule has 0 aliphatic heterocycles. The molecule has 0 radical (unpaired) electrons. The van der Waals surface area contributed by atoms with Gasteiger partial charge in [0.15, 0.2) is 0 Å². The second-order valence-electron chi connectivity index (χ2n) is 4.76. The molecule has 0 saturated heterocycles. The molecule has 1 aromatic carbocycles. The molecule has 7 heteroatoms. The van der Waals surface area contributed by atoms with Crippen molar-refractivity contribution < 1.29 is 13.5 Å². The molecule has 106 valence electrons. The van der Waals surface area contributed by atoms with Gasteiger partial charge < -0.3 is 10.8 Å². The second-order valence-corrected chi connectivity index (χ2v) is 6.88. The first-order chi connectivity index (χ1) is 8.90. The Morgan fingerprint density at radius 1 is 1.32 bits per heavy atom. The Hall–Kier alpha value is -0.820. The lowest BCUT2D eigenvalue weighted by molar-refractivity contribution is 0.101. The highest BCUT2D eigenvalue weighted by molar-refractivity contribution is 7.89. The lowest BCUT2D eigenvalue weighted by atomic mass is 9.93. The number of aliphatic hydroxyl groups is 1. The van der Waals surface area contributed by atoms with Gasteiger partial charge >= 0.3 is 0 Å². The molecular formula is C12H17ClN2O3S. The molecule has 2 unspecified atom stereocenters. The SMILES string of the molecule is Nc1cc(Cl)ccc1S(=O)(=O)NC1CCCCC1O. The number of hydrogen-bond donors (Lipinski definition) is 3. The number of benzene rings is 1. The normalized spacial score (nSPS) is 24.3. The molecule has 0 spiro atoms. The zero-order valence-corrected chi connectivity index (χ0v) is 11.9. The average Bonchev–Trinajstić information content (AvgIpc) is 2.31. The van der Waals surface area contributed by atoms with E-state index in [0.717, 1.165) is 12.8 Å². The maximum atomic E-state index is 12.2. The van der Waals surface area contributed by atoms with Crippen molar-refractivity contribution in [3.8, 4) is 0 Å². The third-order valence-corrected chi connectivity index (χ3v) is 5.10. The first-order valence-electron chi connectivity index (χ1n) is 6.15. The van der Waals surface area contributed by atoms with Gasteiger partial charge in [0.2, 0.25) is 10.0 Å². The molecule has 1 saturated carbocycles. The minimum atomic E-state index is -3.73. The summed E-state index contributed by atoms with van der Waals surface area (Å²) in [6, 6.07) is 3.79. The van der Waals surface area contributed by atoms with Crippen LogP contribution in [0.4, 0.5) is 5.69 Å². The molecule has 2 atom stereocenters. The molecule has 2 rings (SSSR count). The van der Waals surface area contributed by atoms with Crippen LogP contribution in [0, 0.1) is 0 Å². The quantitative estimate of drug-likeness (QED) is 0.738. The van der Waals surface area contributed by atoms with Crippen molar-refractivity contribution in [3.05, 3.63) is 23.2 Å². The Morgan fingerprint density at radius 3 is 2.63 bits per heavy atom.